The SMILES string of the molecule is Cc1ccc(/C(=N/N(C(=O)OC(C)C)C(=O)OC(C)C)c2ccccc2)cc1. The molecule has 0 saturated carbocycles. The molecule has 0 unspecified atom stereocenters. The Hall–Kier alpha value is -3.15. The van der Waals surface area contributed by atoms with Gasteiger partial charge in [0.25, 0.3) is 0 Å². The molecule has 148 valence electrons. The Bertz CT molecular complexity index is 805. The molecule has 0 aliphatic carbocycles. The van der Waals surface area contributed by atoms with Gasteiger partial charge in [-0.1, -0.05) is 65.2 Å². The number of nitrogens with zero attached hydrogens (tertiary/aromatic N) is 2. The highest BCUT2D eigenvalue weighted by Crippen LogP contribution is 2.15. The van der Waals surface area contributed by atoms with Crippen molar-refractivity contribution in [3.8, 4) is 0 Å². The van der Waals surface area contributed by atoms with Crippen LogP contribution in [0.5, 0.6) is 0 Å². The van der Waals surface area contributed by atoms with Crippen molar-refractivity contribution >= 4 is 17.9 Å². The second kappa shape index (κ2) is 9.69. The largest absolute Gasteiger partial charge is 0.445 e. The molecule has 0 fully saturated rings. The van der Waals surface area contributed by atoms with Gasteiger partial charge < -0.3 is 9.47 Å². The fourth-order valence-electron chi connectivity index (χ4n) is 2.35. The molecule has 6 heteroatoms. The number of hydrogen-bond donors (Lipinski definition) is 0. The molecule has 0 aliphatic rings. The van der Waals surface area contributed by atoms with Crippen LogP contribution in [0.1, 0.15) is 44.4 Å². The van der Waals surface area contributed by atoms with Crippen LogP contribution >= 0.6 is 0 Å². The molecule has 6 nitrogen and oxygen atoms in total. The van der Waals surface area contributed by atoms with E-state index in [-0.39, 0.29) is 0 Å². The molecule has 2 amide bonds. The number of carbonyl (C=O) groups is 2. The fraction of sp³-hybridized carbons (Fsp3) is 0.318. The summed E-state index contributed by atoms with van der Waals surface area (Å²) in [6.45, 7) is 8.78. The zero-order valence-electron chi connectivity index (χ0n) is 16.9. The Morgan fingerprint density at radius 2 is 1.25 bits per heavy atom. The summed E-state index contributed by atoms with van der Waals surface area (Å²) in [5.41, 5.74) is 3.07. The Balaban J connectivity index is 2.55. The summed E-state index contributed by atoms with van der Waals surface area (Å²) >= 11 is 0. The molecule has 28 heavy (non-hydrogen) atoms. The van der Waals surface area contributed by atoms with Crippen molar-refractivity contribution in [1.82, 2.24) is 5.01 Å². The van der Waals surface area contributed by atoms with Crippen molar-refractivity contribution in [2.45, 2.75) is 46.8 Å². The summed E-state index contributed by atoms with van der Waals surface area (Å²) in [5, 5.41) is 4.99. The molecule has 2 rings (SSSR count). The monoisotopic (exact) mass is 382 g/mol. The average Bonchev–Trinajstić information content (AvgIpc) is 2.63. The lowest BCUT2D eigenvalue weighted by Crippen LogP contribution is -2.37. The number of ether oxygens (including phenoxy) is 2. The third kappa shape index (κ3) is 5.94. The lowest BCUT2D eigenvalue weighted by molar-refractivity contribution is 0.0518. The summed E-state index contributed by atoms with van der Waals surface area (Å²) in [5.74, 6) is 0. The first-order valence-electron chi connectivity index (χ1n) is 9.20. The Kier molecular flexibility index (Phi) is 7.32. The summed E-state index contributed by atoms with van der Waals surface area (Å²) in [4.78, 5) is 25.0. The summed E-state index contributed by atoms with van der Waals surface area (Å²) < 4.78 is 10.4. The van der Waals surface area contributed by atoms with Crippen molar-refractivity contribution in [1.29, 1.82) is 0 Å². The van der Waals surface area contributed by atoms with E-state index in [1.165, 1.54) is 0 Å². The molecule has 2 aromatic carbocycles. The van der Waals surface area contributed by atoms with Gasteiger partial charge in [-0.2, -0.15) is 5.10 Å². The lowest BCUT2D eigenvalue weighted by atomic mass is 10.0. The number of benzene rings is 2. The number of rotatable bonds is 5. The topological polar surface area (TPSA) is 68.2 Å². The predicted octanol–water partition coefficient (Wildman–Crippen LogP) is 5.14. The van der Waals surface area contributed by atoms with Crippen molar-refractivity contribution in [3.63, 3.8) is 0 Å². The quantitative estimate of drug-likeness (QED) is 0.530. The maximum Gasteiger partial charge on any atom is 0.440 e. The maximum absolute atomic E-state index is 12.5. The molecule has 0 atom stereocenters. The zero-order chi connectivity index (χ0) is 20.7. The van der Waals surface area contributed by atoms with Crippen LogP contribution in [0.15, 0.2) is 59.7 Å². The molecule has 0 aliphatic heterocycles. The van der Waals surface area contributed by atoms with Gasteiger partial charge in [0.2, 0.25) is 0 Å². The molecule has 0 N–H and O–H groups in total. The van der Waals surface area contributed by atoms with Crippen LogP contribution in [-0.2, 0) is 9.47 Å². The number of imide groups is 1. The van der Waals surface area contributed by atoms with Gasteiger partial charge in [-0.3, -0.25) is 0 Å². The van der Waals surface area contributed by atoms with Gasteiger partial charge in [-0.25, -0.2) is 9.59 Å². The van der Waals surface area contributed by atoms with E-state index in [1.807, 2.05) is 61.5 Å². The first-order chi connectivity index (χ1) is 13.3. The van der Waals surface area contributed by atoms with Gasteiger partial charge in [-0.15, -0.1) is 0 Å². The molecular formula is C22H26N2O4. The van der Waals surface area contributed by atoms with E-state index in [4.69, 9.17) is 9.47 Å². The third-order valence-corrected chi connectivity index (χ3v) is 3.59. The standard InChI is InChI=1S/C22H26N2O4/c1-15(2)27-21(25)24(22(26)28-16(3)4)23-20(18-9-7-6-8-10-18)19-13-11-17(5)12-14-19/h6-16H,1-5H3/b23-20+. The molecule has 0 aromatic heterocycles. The van der Waals surface area contributed by atoms with E-state index in [2.05, 4.69) is 5.10 Å². The van der Waals surface area contributed by atoms with Crippen molar-refractivity contribution in [3.05, 3.63) is 71.3 Å². The van der Waals surface area contributed by atoms with Crippen molar-refractivity contribution in [2.24, 2.45) is 5.10 Å². The smallest absolute Gasteiger partial charge is 0.440 e. The fourth-order valence-corrected chi connectivity index (χ4v) is 2.35. The van der Waals surface area contributed by atoms with Crippen LogP contribution in [-0.4, -0.2) is 35.1 Å². The van der Waals surface area contributed by atoms with Gasteiger partial charge in [0.1, 0.15) is 0 Å². The van der Waals surface area contributed by atoms with Gasteiger partial charge in [0.05, 0.1) is 17.9 Å². The van der Waals surface area contributed by atoms with Crippen LogP contribution in [0.4, 0.5) is 9.59 Å². The van der Waals surface area contributed by atoms with Crippen LogP contribution in [0.2, 0.25) is 0 Å². The van der Waals surface area contributed by atoms with E-state index < -0.39 is 24.4 Å². The van der Waals surface area contributed by atoms with Gasteiger partial charge in [0.15, 0.2) is 0 Å². The lowest BCUT2D eigenvalue weighted by Gasteiger charge is -2.20. The van der Waals surface area contributed by atoms with Gasteiger partial charge in [0, 0.05) is 11.1 Å². The highest BCUT2D eigenvalue weighted by molar-refractivity contribution is 6.13. The minimum absolute atomic E-state index is 0.406. The molecule has 0 heterocycles. The molecule has 0 saturated heterocycles. The first-order valence-corrected chi connectivity index (χ1v) is 9.20. The first kappa shape index (κ1) is 21.2. The average molecular weight is 382 g/mol. The van der Waals surface area contributed by atoms with Crippen LogP contribution in [0, 0.1) is 6.92 Å². The summed E-state index contributed by atoms with van der Waals surface area (Å²) in [7, 11) is 0. The predicted molar refractivity (Wildman–Crippen MR) is 108 cm³/mol. The Labute approximate surface area is 165 Å². The Morgan fingerprint density at radius 3 is 1.71 bits per heavy atom. The number of hydrogen-bond acceptors (Lipinski definition) is 5. The molecule has 0 spiro atoms. The van der Waals surface area contributed by atoms with Crippen molar-refractivity contribution < 1.29 is 19.1 Å². The van der Waals surface area contributed by atoms with Gasteiger partial charge in [-0.05, 0) is 34.6 Å². The number of amides is 2. The van der Waals surface area contributed by atoms with Crippen LogP contribution < -0.4 is 0 Å². The highest BCUT2D eigenvalue weighted by atomic mass is 16.6. The normalized spacial score (nSPS) is 11.5. The summed E-state index contributed by atoms with van der Waals surface area (Å²) in [6.07, 6.45) is -2.59. The minimum Gasteiger partial charge on any atom is -0.445 e. The molecule has 0 radical (unpaired) electrons. The minimum atomic E-state index is -0.888. The van der Waals surface area contributed by atoms with E-state index >= 15 is 0 Å². The third-order valence-electron chi connectivity index (χ3n) is 3.59. The molecular weight excluding hydrogens is 356 g/mol. The number of carbonyl (C=O) groups excluding carboxylic acids is 2. The summed E-state index contributed by atoms with van der Waals surface area (Å²) in [6, 6.07) is 17.0. The number of hydrazone groups is 1. The molecule has 0 bridgehead atoms. The van der Waals surface area contributed by atoms with Crippen LogP contribution in [0.25, 0.3) is 0 Å². The van der Waals surface area contributed by atoms with E-state index in [9.17, 15) is 9.59 Å². The highest BCUT2D eigenvalue weighted by Gasteiger charge is 2.27. The number of aryl methyl sites for hydroxylation is 1. The van der Waals surface area contributed by atoms with E-state index in [0.717, 1.165) is 16.7 Å². The maximum atomic E-state index is 12.5. The second-order valence-corrected chi connectivity index (χ2v) is 6.86. The van der Waals surface area contributed by atoms with E-state index in [1.54, 1.807) is 27.7 Å². The van der Waals surface area contributed by atoms with Crippen LogP contribution in [0.3, 0.4) is 0 Å². The molecule has 2 aromatic rings. The Morgan fingerprint density at radius 1 is 0.786 bits per heavy atom. The van der Waals surface area contributed by atoms with E-state index in [0.29, 0.717) is 10.7 Å². The second-order valence-electron chi connectivity index (χ2n) is 6.86. The zero-order valence-corrected chi connectivity index (χ0v) is 16.9. The van der Waals surface area contributed by atoms with Crippen molar-refractivity contribution in [2.75, 3.05) is 0 Å². The van der Waals surface area contributed by atoms with Gasteiger partial charge >= 0.3 is 12.2 Å².